The van der Waals surface area contributed by atoms with E-state index in [-0.39, 0.29) is 30.1 Å². The Bertz CT molecular complexity index is 1200. The lowest BCUT2D eigenvalue weighted by molar-refractivity contribution is -0.273. The highest BCUT2D eigenvalue weighted by molar-refractivity contribution is 5.96. The van der Waals surface area contributed by atoms with Crippen LogP contribution in [-0.4, -0.2) is 41.3 Å². The van der Waals surface area contributed by atoms with Crippen LogP contribution < -0.4 is 10.6 Å². The number of aromatic nitrogens is 1. The molecule has 1 spiro atoms. The van der Waals surface area contributed by atoms with Gasteiger partial charge in [0.2, 0.25) is 11.8 Å². The van der Waals surface area contributed by atoms with Gasteiger partial charge in [-0.25, -0.2) is 0 Å². The van der Waals surface area contributed by atoms with Crippen molar-refractivity contribution in [1.82, 2.24) is 15.6 Å². The molecule has 43 heavy (non-hydrogen) atoms. The van der Waals surface area contributed by atoms with Crippen LogP contribution >= 0.6 is 0 Å². The molecule has 12 atom stereocenters. The van der Waals surface area contributed by atoms with Gasteiger partial charge in [0.25, 0.3) is 0 Å². The topological polar surface area (TPSA) is 89.5 Å². The largest absolute Gasteiger partial charge is 0.353 e. The highest BCUT2D eigenvalue weighted by Gasteiger charge is 2.69. The third-order valence-electron chi connectivity index (χ3n) is 13.8. The van der Waals surface area contributed by atoms with Gasteiger partial charge in [-0.1, -0.05) is 33.8 Å². The molecule has 6 aliphatic rings. The summed E-state index contributed by atoms with van der Waals surface area (Å²) < 4.78 is 13.5. The molecule has 7 rings (SSSR count). The Morgan fingerprint density at radius 1 is 0.953 bits per heavy atom. The zero-order valence-electron chi connectivity index (χ0n) is 26.8. The van der Waals surface area contributed by atoms with Gasteiger partial charge in [-0.15, -0.1) is 0 Å². The van der Waals surface area contributed by atoms with Gasteiger partial charge >= 0.3 is 0 Å². The smallest absolute Gasteiger partial charge is 0.229 e. The molecule has 1 unspecified atom stereocenters. The number of hydrogen-bond acceptors (Lipinski definition) is 5. The highest BCUT2D eigenvalue weighted by Crippen LogP contribution is 2.71. The molecule has 236 valence electrons. The second-order valence-electron chi connectivity index (χ2n) is 16.0. The molecule has 4 saturated carbocycles. The lowest BCUT2D eigenvalue weighted by Gasteiger charge is -2.61. The zero-order chi connectivity index (χ0) is 30.0. The summed E-state index contributed by atoms with van der Waals surface area (Å²) in [6, 6.07) is 5.79. The molecule has 4 aliphatic carbocycles. The second kappa shape index (κ2) is 11.1. The van der Waals surface area contributed by atoms with Crippen molar-refractivity contribution in [3.8, 4) is 0 Å². The van der Waals surface area contributed by atoms with Crippen molar-refractivity contribution in [2.24, 2.45) is 52.3 Å². The number of amides is 2. The summed E-state index contributed by atoms with van der Waals surface area (Å²) in [5, 5.41) is 6.06. The molecular formula is C36H53N3O4. The number of nitrogens with zero attached hydrogens (tertiary/aromatic N) is 1. The Morgan fingerprint density at radius 2 is 1.79 bits per heavy atom. The van der Waals surface area contributed by atoms with Crippen molar-refractivity contribution in [1.29, 1.82) is 0 Å². The number of nitrogens with one attached hydrogen (secondary N) is 2. The molecule has 3 heterocycles. The number of rotatable bonds is 5. The van der Waals surface area contributed by atoms with Crippen molar-refractivity contribution >= 4 is 11.8 Å². The molecule has 2 aliphatic heterocycles. The molecule has 0 bridgehead atoms. The minimum Gasteiger partial charge on any atom is -0.353 e. The molecular weight excluding hydrogens is 538 g/mol. The maximum absolute atomic E-state index is 12.8. The minimum atomic E-state index is -0.334. The normalized spacial score (nSPS) is 46.7. The molecule has 2 saturated heterocycles. The predicted molar refractivity (Wildman–Crippen MR) is 164 cm³/mol. The van der Waals surface area contributed by atoms with Crippen LogP contribution in [0.4, 0.5) is 0 Å². The fourth-order valence-electron chi connectivity index (χ4n) is 11.6. The number of pyridine rings is 1. The number of carbonyl (C=O) groups is 2. The summed E-state index contributed by atoms with van der Waals surface area (Å²) in [7, 11) is 0. The zero-order valence-corrected chi connectivity index (χ0v) is 26.8. The fraction of sp³-hybridized carbons (Fsp3) is 0.806. The van der Waals surface area contributed by atoms with Gasteiger partial charge < -0.3 is 20.1 Å². The first kappa shape index (κ1) is 29.7. The second-order valence-corrected chi connectivity index (χ2v) is 16.0. The van der Waals surface area contributed by atoms with E-state index in [0.717, 1.165) is 49.3 Å². The van der Waals surface area contributed by atoms with E-state index in [2.05, 4.69) is 43.3 Å². The standard InChI is InChI=1S/C36H53N3O4/c1-22-10-15-36(42-21-22)23(2)33-30(43-36)18-29-27-9-8-24-17-25(11-13-34(24,3)28(27)12-14-35(29,33)4)39-32(41)19-31(40)38-20-26-7-5-6-16-37-26/h5-7,16,22-25,27-30,33H,8-15,17-21H2,1-4H3,(H,38,40)(H,39,41)/t22-,23+,24+,25?,27-,28+,29+,30+,33+,34+,35+,36-/m1/s1. The first-order chi connectivity index (χ1) is 20.6. The monoisotopic (exact) mass is 591 g/mol. The molecule has 2 amide bonds. The van der Waals surface area contributed by atoms with E-state index in [1.54, 1.807) is 6.20 Å². The third kappa shape index (κ3) is 5.05. The van der Waals surface area contributed by atoms with E-state index in [4.69, 9.17) is 9.47 Å². The van der Waals surface area contributed by atoms with Crippen LogP contribution in [0.3, 0.4) is 0 Å². The van der Waals surface area contributed by atoms with Gasteiger partial charge in [0, 0.05) is 24.6 Å². The predicted octanol–water partition coefficient (Wildman–Crippen LogP) is 6.02. The molecule has 6 fully saturated rings. The van der Waals surface area contributed by atoms with Crippen LogP contribution in [0.25, 0.3) is 0 Å². The SMILES string of the molecule is C[C@@H]1CC[C@@]2(OC1)O[C@H]1C[C@H]3[C@@H]4CC[C@H]5CC(NC(=O)CC(=O)NCc6ccccn6)CC[C@]5(C)[C@H]4CC[C@]3(C)[C@H]1[C@@H]2C. The van der Waals surface area contributed by atoms with Crippen molar-refractivity contribution in [2.75, 3.05) is 6.61 Å². The minimum absolute atomic E-state index is 0.121. The number of carbonyl (C=O) groups excluding carboxylic acids is 2. The average molecular weight is 592 g/mol. The van der Waals surface area contributed by atoms with Gasteiger partial charge in [0.15, 0.2) is 5.79 Å². The van der Waals surface area contributed by atoms with Crippen molar-refractivity contribution in [3.05, 3.63) is 30.1 Å². The summed E-state index contributed by atoms with van der Waals surface area (Å²) in [5.74, 6) is 3.95. The van der Waals surface area contributed by atoms with Crippen LogP contribution in [0.1, 0.15) is 104 Å². The first-order valence-corrected chi connectivity index (χ1v) is 17.4. The summed E-state index contributed by atoms with van der Waals surface area (Å²) in [4.78, 5) is 29.4. The maximum atomic E-state index is 12.8. The van der Waals surface area contributed by atoms with E-state index >= 15 is 0 Å². The van der Waals surface area contributed by atoms with E-state index in [1.165, 1.54) is 44.9 Å². The van der Waals surface area contributed by atoms with Crippen molar-refractivity contribution in [2.45, 2.75) is 123 Å². The third-order valence-corrected chi connectivity index (χ3v) is 13.8. The Morgan fingerprint density at radius 3 is 2.56 bits per heavy atom. The summed E-state index contributed by atoms with van der Waals surface area (Å²) in [6.07, 6.45) is 13.9. The molecule has 2 N–H and O–H groups in total. The lowest BCUT2D eigenvalue weighted by atomic mass is 9.44. The van der Waals surface area contributed by atoms with Crippen molar-refractivity contribution < 1.29 is 19.1 Å². The van der Waals surface area contributed by atoms with E-state index in [9.17, 15) is 9.59 Å². The summed E-state index contributed by atoms with van der Waals surface area (Å²) >= 11 is 0. The van der Waals surface area contributed by atoms with Gasteiger partial charge in [0.05, 0.1) is 24.9 Å². The van der Waals surface area contributed by atoms with Gasteiger partial charge in [0.1, 0.15) is 6.42 Å². The molecule has 1 aromatic heterocycles. The van der Waals surface area contributed by atoms with Gasteiger partial charge in [-0.2, -0.15) is 0 Å². The Labute approximate surface area is 258 Å². The molecule has 7 heteroatoms. The average Bonchev–Trinajstić information content (AvgIpc) is 3.44. The molecule has 7 nitrogen and oxygen atoms in total. The summed E-state index contributed by atoms with van der Waals surface area (Å²) in [6.45, 7) is 11.1. The molecule has 0 radical (unpaired) electrons. The number of fused-ring (bicyclic) bond motifs is 7. The van der Waals surface area contributed by atoms with E-state index < -0.39 is 0 Å². The van der Waals surface area contributed by atoms with E-state index in [0.29, 0.717) is 47.2 Å². The summed E-state index contributed by atoms with van der Waals surface area (Å²) in [5.41, 5.74) is 1.49. The quantitative estimate of drug-likeness (QED) is 0.409. The van der Waals surface area contributed by atoms with Gasteiger partial charge in [-0.3, -0.25) is 14.6 Å². The number of ether oxygens (including phenoxy) is 2. The van der Waals surface area contributed by atoms with Crippen LogP contribution in [0.15, 0.2) is 24.4 Å². The van der Waals surface area contributed by atoms with Crippen LogP contribution in [0.5, 0.6) is 0 Å². The maximum Gasteiger partial charge on any atom is 0.229 e. The van der Waals surface area contributed by atoms with Gasteiger partial charge in [-0.05, 0) is 116 Å². The van der Waals surface area contributed by atoms with Crippen LogP contribution in [0.2, 0.25) is 0 Å². The molecule has 0 aromatic carbocycles. The fourth-order valence-corrected chi connectivity index (χ4v) is 11.6. The van der Waals surface area contributed by atoms with Crippen LogP contribution in [0, 0.1) is 52.3 Å². The van der Waals surface area contributed by atoms with Crippen LogP contribution in [-0.2, 0) is 25.6 Å². The highest BCUT2D eigenvalue weighted by atomic mass is 16.7. The van der Waals surface area contributed by atoms with E-state index in [1.807, 2.05) is 18.2 Å². The Balaban J connectivity index is 0.952. The Hall–Kier alpha value is -1.99. The lowest BCUT2D eigenvalue weighted by Crippen LogP contribution is -2.56. The first-order valence-electron chi connectivity index (χ1n) is 17.4. The Kier molecular flexibility index (Phi) is 7.68. The van der Waals surface area contributed by atoms with Crippen molar-refractivity contribution in [3.63, 3.8) is 0 Å². The molecule has 1 aromatic rings. The number of hydrogen-bond donors (Lipinski definition) is 2.